The van der Waals surface area contributed by atoms with E-state index in [-0.39, 0.29) is 17.4 Å². The van der Waals surface area contributed by atoms with Gasteiger partial charge in [-0.15, -0.1) is 0 Å². The summed E-state index contributed by atoms with van der Waals surface area (Å²) in [4.78, 5) is 23.7. The normalized spacial score (nSPS) is 16.3. The zero-order valence-electron chi connectivity index (χ0n) is 14.8. The van der Waals surface area contributed by atoms with E-state index in [1.807, 2.05) is 6.92 Å². The van der Waals surface area contributed by atoms with Gasteiger partial charge in [-0.05, 0) is 43.5 Å². The molecule has 0 spiro atoms. The average molecular weight is 349 g/mol. The van der Waals surface area contributed by atoms with Crippen LogP contribution in [0, 0.1) is 20.8 Å². The highest BCUT2D eigenvalue weighted by Gasteiger charge is 2.33. The quantitative estimate of drug-likeness (QED) is 0.743. The number of hydrogen-bond acceptors (Lipinski definition) is 4. The fourth-order valence-electron chi connectivity index (χ4n) is 3.43. The van der Waals surface area contributed by atoms with Crippen molar-refractivity contribution in [1.82, 2.24) is 20.0 Å². The molecule has 1 amide bonds. The maximum Gasteiger partial charge on any atom is 0.264 e. The molecule has 7 nitrogen and oxygen atoms in total. The van der Waals surface area contributed by atoms with Crippen LogP contribution in [-0.4, -0.2) is 25.9 Å². The van der Waals surface area contributed by atoms with Crippen molar-refractivity contribution in [3.63, 3.8) is 0 Å². The number of amides is 1. The number of fused-ring (bicyclic) bond motifs is 1. The summed E-state index contributed by atoms with van der Waals surface area (Å²) in [5.41, 5.74) is 5.04. The first kappa shape index (κ1) is 16.3. The summed E-state index contributed by atoms with van der Waals surface area (Å²) in [6, 6.07) is 9.26. The van der Waals surface area contributed by atoms with Crippen LogP contribution >= 0.6 is 0 Å². The van der Waals surface area contributed by atoms with Crippen LogP contribution in [0.25, 0.3) is 5.82 Å². The van der Waals surface area contributed by atoms with Gasteiger partial charge in [-0.1, -0.05) is 18.2 Å². The lowest BCUT2D eigenvalue weighted by Gasteiger charge is -2.24. The van der Waals surface area contributed by atoms with E-state index in [1.165, 1.54) is 17.2 Å². The smallest absolute Gasteiger partial charge is 0.264 e. The Labute approximate surface area is 150 Å². The molecule has 26 heavy (non-hydrogen) atoms. The van der Waals surface area contributed by atoms with Gasteiger partial charge in [0.1, 0.15) is 5.82 Å². The predicted octanol–water partition coefficient (Wildman–Crippen LogP) is 2.35. The maximum absolute atomic E-state index is 12.4. The second kappa shape index (κ2) is 5.94. The number of aryl methyl sites for hydroxylation is 3. The third-order valence-electron chi connectivity index (χ3n) is 4.92. The molecule has 7 heteroatoms. The Balaban J connectivity index is 1.88. The minimum absolute atomic E-state index is 0.0606. The Bertz CT molecular complexity index is 1060. The van der Waals surface area contributed by atoms with Crippen molar-refractivity contribution in [1.29, 1.82) is 0 Å². The number of aromatic amines is 1. The van der Waals surface area contributed by atoms with E-state index in [2.05, 4.69) is 52.7 Å². The van der Waals surface area contributed by atoms with Gasteiger partial charge in [-0.25, -0.2) is 5.10 Å². The molecule has 2 N–H and O–H groups in total. The maximum atomic E-state index is 12.4. The second-order valence-corrected chi connectivity index (χ2v) is 6.69. The second-order valence-electron chi connectivity index (χ2n) is 6.69. The van der Waals surface area contributed by atoms with Crippen molar-refractivity contribution in [3.8, 4) is 5.82 Å². The van der Waals surface area contributed by atoms with Crippen LogP contribution < -0.4 is 10.9 Å². The van der Waals surface area contributed by atoms with Crippen LogP contribution in [0.3, 0.4) is 0 Å². The third-order valence-corrected chi connectivity index (χ3v) is 4.92. The molecule has 1 aliphatic heterocycles. The number of nitrogens with zero attached hydrogens (tertiary/aromatic N) is 3. The summed E-state index contributed by atoms with van der Waals surface area (Å²) in [6.07, 6.45) is 0.376. The standard InChI is InChI=1S/C19H19N5O2/c1-10-4-5-13(8-11(10)2)14-9-17(26)20-19-18(14)12(3)23-24(19)15-6-7-16(25)22-21-15/h4-8,14H,9H2,1-3H3,(H,20,26)(H,22,25). The first-order valence-corrected chi connectivity index (χ1v) is 8.46. The van der Waals surface area contributed by atoms with Gasteiger partial charge < -0.3 is 5.32 Å². The fourth-order valence-corrected chi connectivity index (χ4v) is 3.43. The first-order valence-electron chi connectivity index (χ1n) is 8.46. The highest BCUT2D eigenvalue weighted by Crippen LogP contribution is 2.40. The van der Waals surface area contributed by atoms with Gasteiger partial charge in [-0.2, -0.15) is 14.9 Å². The van der Waals surface area contributed by atoms with Crippen molar-refractivity contribution in [2.75, 3.05) is 5.32 Å². The van der Waals surface area contributed by atoms with Gasteiger partial charge in [0.25, 0.3) is 5.56 Å². The van der Waals surface area contributed by atoms with Crippen LogP contribution in [0.2, 0.25) is 0 Å². The van der Waals surface area contributed by atoms with E-state index < -0.39 is 0 Å². The van der Waals surface area contributed by atoms with Gasteiger partial charge >= 0.3 is 0 Å². The minimum Gasteiger partial charge on any atom is -0.310 e. The average Bonchev–Trinajstić information content (AvgIpc) is 2.94. The molecular formula is C19H19N5O2. The Kier molecular flexibility index (Phi) is 3.72. The largest absolute Gasteiger partial charge is 0.310 e. The van der Waals surface area contributed by atoms with E-state index in [1.54, 1.807) is 10.7 Å². The summed E-state index contributed by atoms with van der Waals surface area (Å²) in [5.74, 6) is 0.942. The summed E-state index contributed by atoms with van der Waals surface area (Å²) in [7, 11) is 0. The molecule has 132 valence electrons. The van der Waals surface area contributed by atoms with E-state index >= 15 is 0 Å². The van der Waals surface area contributed by atoms with Gasteiger partial charge in [0.2, 0.25) is 5.91 Å². The molecule has 4 rings (SSSR count). The van der Waals surface area contributed by atoms with Crippen molar-refractivity contribution in [3.05, 3.63) is 68.6 Å². The number of benzene rings is 1. The lowest BCUT2D eigenvalue weighted by Crippen LogP contribution is -2.25. The van der Waals surface area contributed by atoms with E-state index in [0.717, 1.165) is 16.8 Å². The molecule has 1 aromatic carbocycles. The number of carbonyl (C=O) groups is 1. The number of aromatic nitrogens is 4. The molecule has 0 bridgehead atoms. The first-order chi connectivity index (χ1) is 12.4. The SMILES string of the molecule is Cc1ccc(C2CC(=O)Nc3c2c(C)nn3-c2ccc(=O)[nH]n2)cc1C. The number of carbonyl (C=O) groups excluding carboxylic acids is 1. The topological polar surface area (TPSA) is 92.7 Å². The molecule has 1 aliphatic rings. The molecule has 0 fully saturated rings. The Morgan fingerprint density at radius 2 is 1.88 bits per heavy atom. The lowest BCUT2D eigenvalue weighted by atomic mass is 9.84. The number of hydrogen-bond donors (Lipinski definition) is 2. The summed E-state index contributed by atoms with van der Waals surface area (Å²) < 4.78 is 1.58. The highest BCUT2D eigenvalue weighted by molar-refractivity contribution is 5.95. The van der Waals surface area contributed by atoms with Crippen LogP contribution in [0.15, 0.2) is 35.1 Å². The Morgan fingerprint density at radius 1 is 1.08 bits per heavy atom. The molecule has 1 unspecified atom stereocenters. The number of nitrogens with one attached hydrogen (secondary N) is 2. The van der Waals surface area contributed by atoms with E-state index in [9.17, 15) is 9.59 Å². The lowest BCUT2D eigenvalue weighted by molar-refractivity contribution is -0.116. The molecule has 0 saturated carbocycles. The Morgan fingerprint density at radius 3 is 2.58 bits per heavy atom. The summed E-state index contributed by atoms with van der Waals surface area (Å²) in [5, 5.41) is 13.9. The molecule has 2 aromatic heterocycles. The van der Waals surface area contributed by atoms with Crippen LogP contribution in [-0.2, 0) is 4.79 Å². The third kappa shape index (κ3) is 2.61. The minimum atomic E-state index is -0.288. The fraction of sp³-hybridized carbons (Fsp3) is 0.263. The van der Waals surface area contributed by atoms with Crippen molar-refractivity contribution < 1.29 is 4.79 Å². The van der Waals surface area contributed by atoms with Gasteiger partial charge in [0.15, 0.2) is 5.82 Å². The molecule has 0 saturated heterocycles. The Hall–Kier alpha value is -3.22. The molecule has 3 aromatic rings. The van der Waals surface area contributed by atoms with E-state index in [4.69, 9.17) is 0 Å². The molecule has 0 radical (unpaired) electrons. The highest BCUT2D eigenvalue weighted by atomic mass is 16.1. The van der Waals surface area contributed by atoms with Crippen LogP contribution in [0.4, 0.5) is 5.82 Å². The van der Waals surface area contributed by atoms with Crippen LogP contribution in [0.5, 0.6) is 0 Å². The van der Waals surface area contributed by atoms with Gasteiger partial charge in [0, 0.05) is 24.0 Å². The van der Waals surface area contributed by atoms with Crippen molar-refractivity contribution in [2.24, 2.45) is 0 Å². The monoisotopic (exact) mass is 349 g/mol. The summed E-state index contributed by atoms with van der Waals surface area (Å²) in [6.45, 7) is 6.07. The number of H-pyrrole nitrogens is 1. The molecular weight excluding hydrogens is 330 g/mol. The van der Waals surface area contributed by atoms with Gasteiger partial charge in [-0.3, -0.25) is 9.59 Å². The molecule has 1 atom stereocenters. The predicted molar refractivity (Wildman–Crippen MR) is 97.7 cm³/mol. The summed E-state index contributed by atoms with van der Waals surface area (Å²) >= 11 is 0. The molecule has 0 aliphatic carbocycles. The number of rotatable bonds is 2. The zero-order valence-corrected chi connectivity index (χ0v) is 14.8. The molecule has 3 heterocycles. The van der Waals surface area contributed by atoms with E-state index in [0.29, 0.717) is 18.1 Å². The number of anilines is 1. The van der Waals surface area contributed by atoms with Crippen LogP contribution in [0.1, 0.15) is 40.3 Å². The zero-order chi connectivity index (χ0) is 18.4. The van der Waals surface area contributed by atoms with Crippen molar-refractivity contribution >= 4 is 11.7 Å². The van der Waals surface area contributed by atoms with Gasteiger partial charge in [0.05, 0.1) is 5.69 Å². The van der Waals surface area contributed by atoms with Crippen molar-refractivity contribution in [2.45, 2.75) is 33.1 Å².